The molecule has 1 aromatic rings. The summed E-state index contributed by atoms with van der Waals surface area (Å²) in [6, 6.07) is 4.13. The number of rotatable bonds is 3. The van der Waals surface area contributed by atoms with Crippen LogP contribution < -0.4 is 4.90 Å². The van der Waals surface area contributed by atoms with E-state index in [2.05, 4.69) is 24.0 Å². The zero-order chi connectivity index (χ0) is 13.5. The SMILES string of the molecule is Cc1ccc(N2C[C@@]3(CCN(CCO)C3)CC2=O)s1. The number of likely N-dealkylation sites (tertiary alicyclic amines) is 1. The molecule has 3 rings (SSSR count). The molecule has 1 atom stereocenters. The van der Waals surface area contributed by atoms with Crippen molar-refractivity contribution >= 4 is 22.2 Å². The number of β-amino-alcohol motifs (C(OH)–C–C–N with tert-alkyl or cyclic N) is 1. The Kier molecular flexibility index (Phi) is 3.37. The average molecular weight is 280 g/mol. The summed E-state index contributed by atoms with van der Waals surface area (Å²) in [6.45, 7) is 5.80. The first kappa shape index (κ1) is 13.1. The lowest BCUT2D eigenvalue weighted by molar-refractivity contribution is -0.117. The van der Waals surface area contributed by atoms with Crippen LogP contribution in [0.3, 0.4) is 0 Å². The third-order valence-corrected chi connectivity index (χ3v) is 5.27. The summed E-state index contributed by atoms with van der Waals surface area (Å²) in [7, 11) is 0. The summed E-state index contributed by atoms with van der Waals surface area (Å²) in [5.74, 6) is 0.257. The number of aryl methyl sites for hydroxylation is 1. The van der Waals surface area contributed by atoms with Gasteiger partial charge in [-0.1, -0.05) is 0 Å². The van der Waals surface area contributed by atoms with Gasteiger partial charge in [0.25, 0.3) is 0 Å². The van der Waals surface area contributed by atoms with Crippen LogP contribution in [0.1, 0.15) is 17.7 Å². The number of hydrogen-bond acceptors (Lipinski definition) is 4. The van der Waals surface area contributed by atoms with Gasteiger partial charge in [0.2, 0.25) is 5.91 Å². The number of anilines is 1. The molecule has 1 spiro atoms. The van der Waals surface area contributed by atoms with Gasteiger partial charge in [-0.25, -0.2) is 0 Å². The van der Waals surface area contributed by atoms with Crippen LogP contribution in [-0.4, -0.2) is 48.7 Å². The van der Waals surface area contributed by atoms with Crippen molar-refractivity contribution in [3.8, 4) is 0 Å². The van der Waals surface area contributed by atoms with Crippen molar-refractivity contribution in [2.24, 2.45) is 5.41 Å². The number of nitrogens with zero attached hydrogens (tertiary/aromatic N) is 2. The molecule has 104 valence electrons. The molecule has 0 radical (unpaired) electrons. The van der Waals surface area contributed by atoms with Crippen molar-refractivity contribution < 1.29 is 9.90 Å². The van der Waals surface area contributed by atoms with Gasteiger partial charge in [0.15, 0.2) is 0 Å². The minimum atomic E-state index is 0.115. The Bertz CT molecular complexity index is 488. The van der Waals surface area contributed by atoms with Gasteiger partial charge in [-0.15, -0.1) is 11.3 Å². The van der Waals surface area contributed by atoms with Gasteiger partial charge in [-0.05, 0) is 32.0 Å². The second-order valence-electron chi connectivity index (χ2n) is 5.79. The Hall–Kier alpha value is -0.910. The number of aliphatic hydroxyl groups excluding tert-OH is 1. The van der Waals surface area contributed by atoms with E-state index in [-0.39, 0.29) is 17.9 Å². The lowest BCUT2D eigenvalue weighted by Crippen LogP contribution is -2.32. The summed E-state index contributed by atoms with van der Waals surface area (Å²) in [5.41, 5.74) is 0.115. The first-order valence-electron chi connectivity index (χ1n) is 6.82. The third-order valence-electron chi connectivity index (χ3n) is 4.25. The van der Waals surface area contributed by atoms with Crippen LogP contribution in [0.25, 0.3) is 0 Å². The number of amides is 1. The van der Waals surface area contributed by atoms with E-state index >= 15 is 0 Å². The van der Waals surface area contributed by atoms with Crippen molar-refractivity contribution in [2.75, 3.05) is 37.7 Å². The molecule has 0 saturated carbocycles. The van der Waals surface area contributed by atoms with Crippen LogP contribution >= 0.6 is 11.3 Å². The zero-order valence-corrected chi connectivity index (χ0v) is 12.1. The van der Waals surface area contributed by atoms with Gasteiger partial charge in [0.1, 0.15) is 0 Å². The van der Waals surface area contributed by atoms with Crippen molar-refractivity contribution in [1.82, 2.24) is 4.90 Å². The summed E-state index contributed by atoms with van der Waals surface area (Å²) in [5, 5.41) is 10.1. The number of thiophene rings is 1. The predicted molar refractivity (Wildman–Crippen MR) is 76.6 cm³/mol. The molecular weight excluding hydrogens is 260 g/mol. The number of aliphatic hydroxyl groups is 1. The Morgan fingerprint density at radius 2 is 2.26 bits per heavy atom. The largest absolute Gasteiger partial charge is 0.395 e. The maximum absolute atomic E-state index is 12.3. The van der Waals surface area contributed by atoms with E-state index in [4.69, 9.17) is 5.11 Å². The normalized spacial score (nSPS) is 27.9. The summed E-state index contributed by atoms with van der Waals surface area (Å²) < 4.78 is 0. The van der Waals surface area contributed by atoms with E-state index in [9.17, 15) is 4.79 Å². The molecule has 1 aromatic heterocycles. The van der Waals surface area contributed by atoms with Crippen LogP contribution in [0.4, 0.5) is 5.00 Å². The second-order valence-corrected chi connectivity index (χ2v) is 7.06. The van der Waals surface area contributed by atoms with Crippen LogP contribution in [0.2, 0.25) is 0 Å². The Morgan fingerprint density at radius 1 is 1.42 bits per heavy atom. The first-order valence-corrected chi connectivity index (χ1v) is 7.64. The highest BCUT2D eigenvalue weighted by Gasteiger charge is 2.47. The fourth-order valence-electron chi connectivity index (χ4n) is 3.30. The first-order chi connectivity index (χ1) is 9.12. The number of hydrogen-bond donors (Lipinski definition) is 1. The fourth-order valence-corrected chi connectivity index (χ4v) is 4.18. The smallest absolute Gasteiger partial charge is 0.228 e. The van der Waals surface area contributed by atoms with E-state index in [1.54, 1.807) is 11.3 Å². The maximum Gasteiger partial charge on any atom is 0.228 e. The Morgan fingerprint density at radius 3 is 2.95 bits per heavy atom. The minimum Gasteiger partial charge on any atom is -0.395 e. The summed E-state index contributed by atoms with van der Waals surface area (Å²) in [4.78, 5) is 17.8. The van der Waals surface area contributed by atoms with Crippen LogP contribution in [0, 0.1) is 12.3 Å². The van der Waals surface area contributed by atoms with Gasteiger partial charge in [0.05, 0.1) is 11.6 Å². The van der Waals surface area contributed by atoms with Crippen LogP contribution in [-0.2, 0) is 4.79 Å². The maximum atomic E-state index is 12.3. The van der Waals surface area contributed by atoms with Crippen LogP contribution in [0.15, 0.2) is 12.1 Å². The summed E-state index contributed by atoms with van der Waals surface area (Å²) >= 11 is 1.69. The summed E-state index contributed by atoms with van der Waals surface area (Å²) in [6.07, 6.45) is 1.73. The monoisotopic (exact) mass is 280 g/mol. The topological polar surface area (TPSA) is 43.8 Å². The molecular formula is C14H20N2O2S. The van der Waals surface area contributed by atoms with Gasteiger partial charge < -0.3 is 14.9 Å². The molecule has 0 aliphatic carbocycles. The molecule has 1 N–H and O–H groups in total. The van der Waals surface area contributed by atoms with Crippen molar-refractivity contribution in [3.05, 3.63) is 17.0 Å². The molecule has 2 saturated heterocycles. The van der Waals surface area contributed by atoms with Gasteiger partial charge in [0, 0.05) is 36.3 Å². The molecule has 2 aliphatic heterocycles. The molecule has 2 fully saturated rings. The second kappa shape index (κ2) is 4.89. The lowest BCUT2D eigenvalue weighted by Gasteiger charge is -2.23. The third kappa shape index (κ3) is 2.42. The van der Waals surface area contributed by atoms with Gasteiger partial charge in [-0.3, -0.25) is 4.79 Å². The molecule has 19 heavy (non-hydrogen) atoms. The van der Waals surface area contributed by atoms with Crippen molar-refractivity contribution in [2.45, 2.75) is 19.8 Å². The Labute approximate surface area is 117 Å². The molecule has 2 aliphatic rings. The van der Waals surface area contributed by atoms with Gasteiger partial charge >= 0.3 is 0 Å². The van der Waals surface area contributed by atoms with Crippen molar-refractivity contribution in [3.63, 3.8) is 0 Å². The highest BCUT2D eigenvalue weighted by atomic mass is 32.1. The molecule has 4 nitrogen and oxygen atoms in total. The molecule has 0 unspecified atom stereocenters. The minimum absolute atomic E-state index is 0.115. The average Bonchev–Trinajstić information content (AvgIpc) is 3.02. The highest BCUT2D eigenvalue weighted by Crippen LogP contribution is 2.43. The van der Waals surface area contributed by atoms with E-state index in [0.717, 1.165) is 37.6 Å². The Balaban J connectivity index is 1.73. The van der Waals surface area contributed by atoms with Crippen LogP contribution in [0.5, 0.6) is 0 Å². The van der Waals surface area contributed by atoms with E-state index in [0.29, 0.717) is 6.42 Å². The molecule has 1 amide bonds. The molecule has 0 aromatic carbocycles. The van der Waals surface area contributed by atoms with Gasteiger partial charge in [-0.2, -0.15) is 0 Å². The van der Waals surface area contributed by atoms with E-state index in [1.165, 1.54) is 4.88 Å². The molecule has 0 bridgehead atoms. The molecule has 5 heteroatoms. The predicted octanol–water partition coefficient (Wildman–Crippen LogP) is 1.48. The molecule has 3 heterocycles. The fraction of sp³-hybridized carbons (Fsp3) is 0.643. The highest BCUT2D eigenvalue weighted by molar-refractivity contribution is 7.16. The van der Waals surface area contributed by atoms with Crippen molar-refractivity contribution in [1.29, 1.82) is 0 Å². The van der Waals surface area contributed by atoms with E-state index < -0.39 is 0 Å². The standard InChI is InChI=1S/C14H20N2O2S/c1-11-2-3-13(19-11)16-10-14(8-12(16)18)4-5-15(9-14)6-7-17/h2-3,17H,4-10H2,1H3/t14-/m0/s1. The number of carbonyl (C=O) groups excluding carboxylic acids is 1. The van der Waals surface area contributed by atoms with E-state index in [1.807, 2.05) is 4.90 Å². The quantitative estimate of drug-likeness (QED) is 0.912. The lowest BCUT2D eigenvalue weighted by atomic mass is 9.86. The zero-order valence-electron chi connectivity index (χ0n) is 11.3. The number of carbonyl (C=O) groups is 1.